The fourth-order valence-electron chi connectivity index (χ4n) is 3.36. The van der Waals surface area contributed by atoms with Crippen LogP contribution in [-0.2, 0) is 25.9 Å². The molecule has 2 aromatic rings. The van der Waals surface area contributed by atoms with Crippen molar-refractivity contribution in [1.29, 1.82) is 0 Å². The molecule has 1 aromatic carbocycles. The van der Waals surface area contributed by atoms with Crippen LogP contribution in [0.25, 0.3) is 0 Å². The van der Waals surface area contributed by atoms with Gasteiger partial charge in [-0.25, -0.2) is 13.4 Å². The average molecular weight is 392 g/mol. The van der Waals surface area contributed by atoms with E-state index in [1.165, 1.54) is 17.3 Å². The number of nitrogens with zero attached hydrogens (tertiary/aromatic N) is 4. The molecule has 1 amide bonds. The largest absolute Gasteiger partial charge is 0.484 e. The molecular formula is C17H20N4O5S. The lowest BCUT2D eigenvalue weighted by atomic mass is 9.95. The first-order valence-electron chi connectivity index (χ1n) is 8.59. The standard InChI is InChI=1S/C17H20N4O5S/c22-16(8-25-14-4-2-1-3-5-14)20-9-17(10-20)11-27(23,24)15(7-26-17)6-21-13-18-12-19-21/h1-5,12-13,15H,6-11H2/t15-/m0/s1. The van der Waals surface area contributed by atoms with Crippen molar-refractivity contribution in [2.45, 2.75) is 17.4 Å². The molecule has 144 valence electrons. The molecular weight excluding hydrogens is 372 g/mol. The highest BCUT2D eigenvalue weighted by atomic mass is 32.2. The van der Waals surface area contributed by atoms with Crippen molar-refractivity contribution in [3.05, 3.63) is 43.0 Å². The molecule has 0 saturated carbocycles. The van der Waals surface area contributed by atoms with Crippen LogP contribution in [0.1, 0.15) is 0 Å². The number of carbonyl (C=O) groups is 1. The molecule has 0 N–H and O–H groups in total. The van der Waals surface area contributed by atoms with E-state index in [4.69, 9.17) is 9.47 Å². The summed E-state index contributed by atoms with van der Waals surface area (Å²) in [6.45, 7) is 0.747. The summed E-state index contributed by atoms with van der Waals surface area (Å²) in [6, 6.07) is 9.07. The zero-order valence-electron chi connectivity index (χ0n) is 14.6. The van der Waals surface area contributed by atoms with Crippen LogP contribution in [0.2, 0.25) is 0 Å². The Morgan fingerprint density at radius 1 is 1.30 bits per heavy atom. The Morgan fingerprint density at radius 3 is 2.74 bits per heavy atom. The molecule has 3 heterocycles. The highest BCUT2D eigenvalue weighted by molar-refractivity contribution is 7.92. The lowest BCUT2D eigenvalue weighted by Gasteiger charge is -2.52. The number of amides is 1. The Hall–Kier alpha value is -2.46. The second-order valence-electron chi connectivity index (χ2n) is 6.89. The first kappa shape index (κ1) is 17.9. The molecule has 1 spiro atoms. The Balaban J connectivity index is 1.30. The summed E-state index contributed by atoms with van der Waals surface area (Å²) in [5.41, 5.74) is -0.805. The maximum Gasteiger partial charge on any atom is 0.260 e. The van der Waals surface area contributed by atoms with E-state index < -0.39 is 20.7 Å². The van der Waals surface area contributed by atoms with Gasteiger partial charge >= 0.3 is 0 Å². The minimum atomic E-state index is -3.36. The summed E-state index contributed by atoms with van der Waals surface area (Å²) in [7, 11) is -3.36. The van der Waals surface area contributed by atoms with E-state index in [0.717, 1.165) is 0 Å². The average Bonchev–Trinajstić information content (AvgIpc) is 3.13. The van der Waals surface area contributed by atoms with E-state index in [0.29, 0.717) is 5.75 Å². The van der Waals surface area contributed by atoms with Crippen LogP contribution in [0.15, 0.2) is 43.0 Å². The first-order valence-corrected chi connectivity index (χ1v) is 10.3. The SMILES string of the molecule is O=C(COc1ccccc1)N1CC2(C1)CS(=O)(=O)[C@@H](Cn1cncn1)CO2. The third-order valence-corrected chi connectivity index (χ3v) is 7.05. The van der Waals surface area contributed by atoms with Gasteiger partial charge in [0.15, 0.2) is 16.4 Å². The minimum Gasteiger partial charge on any atom is -0.484 e. The number of benzene rings is 1. The molecule has 2 aliphatic rings. The maximum absolute atomic E-state index is 12.6. The van der Waals surface area contributed by atoms with E-state index in [-0.39, 0.29) is 44.5 Å². The Morgan fingerprint density at radius 2 is 2.07 bits per heavy atom. The first-order chi connectivity index (χ1) is 13.0. The van der Waals surface area contributed by atoms with Gasteiger partial charge in [-0.1, -0.05) is 18.2 Å². The number of hydrogen-bond acceptors (Lipinski definition) is 7. The number of para-hydroxylation sites is 1. The molecule has 1 aromatic heterocycles. The lowest BCUT2D eigenvalue weighted by Crippen LogP contribution is -2.71. The quantitative estimate of drug-likeness (QED) is 0.691. The number of sulfone groups is 1. The second-order valence-corrected chi connectivity index (χ2v) is 9.17. The molecule has 4 rings (SSSR count). The molecule has 27 heavy (non-hydrogen) atoms. The fraction of sp³-hybridized carbons (Fsp3) is 0.471. The van der Waals surface area contributed by atoms with E-state index in [1.807, 2.05) is 18.2 Å². The number of hydrogen-bond donors (Lipinski definition) is 0. The summed E-state index contributed by atoms with van der Waals surface area (Å²) >= 11 is 0. The Labute approximate surface area is 156 Å². The van der Waals surface area contributed by atoms with Crippen LogP contribution in [0.5, 0.6) is 5.75 Å². The van der Waals surface area contributed by atoms with Crippen molar-refractivity contribution in [1.82, 2.24) is 19.7 Å². The van der Waals surface area contributed by atoms with Crippen LogP contribution >= 0.6 is 0 Å². The summed E-state index contributed by atoms with van der Waals surface area (Å²) < 4.78 is 38.1. The summed E-state index contributed by atoms with van der Waals surface area (Å²) in [5, 5.41) is 3.29. The van der Waals surface area contributed by atoms with Crippen molar-refractivity contribution in [3.8, 4) is 5.75 Å². The molecule has 9 nitrogen and oxygen atoms in total. The van der Waals surface area contributed by atoms with Crippen molar-refractivity contribution < 1.29 is 22.7 Å². The Kier molecular flexibility index (Phi) is 4.60. The second kappa shape index (κ2) is 6.93. The molecule has 2 aliphatic heterocycles. The topological polar surface area (TPSA) is 104 Å². The zero-order valence-corrected chi connectivity index (χ0v) is 15.4. The molecule has 0 bridgehead atoms. The molecule has 1 atom stereocenters. The number of carbonyl (C=O) groups excluding carboxylic acids is 1. The third-order valence-electron chi connectivity index (χ3n) is 4.82. The normalized spacial score (nSPS) is 23.0. The highest BCUT2D eigenvalue weighted by Gasteiger charge is 2.53. The van der Waals surface area contributed by atoms with Crippen molar-refractivity contribution >= 4 is 15.7 Å². The van der Waals surface area contributed by atoms with Crippen molar-refractivity contribution in [3.63, 3.8) is 0 Å². The lowest BCUT2D eigenvalue weighted by molar-refractivity contribution is -0.167. The van der Waals surface area contributed by atoms with Crippen LogP contribution in [0.4, 0.5) is 0 Å². The molecule has 0 aliphatic carbocycles. The van der Waals surface area contributed by atoms with Gasteiger partial charge in [-0.3, -0.25) is 9.48 Å². The van der Waals surface area contributed by atoms with E-state index in [9.17, 15) is 13.2 Å². The van der Waals surface area contributed by atoms with Gasteiger partial charge in [0.2, 0.25) is 0 Å². The van der Waals surface area contributed by atoms with E-state index in [1.54, 1.807) is 17.0 Å². The smallest absolute Gasteiger partial charge is 0.260 e. The van der Waals surface area contributed by atoms with Crippen molar-refractivity contribution in [2.24, 2.45) is 0 Å². The number of rotatable bonds is 5. The number of aromatic nitrogens is 3. The molecule has 2 fully saturated rings. The molecule has 2 saturated heterocycles. The fourth-order valence-corrected chi connectivity index (χ4v) is 5.25. The summed E-state index contributed by atoms with van der Waals surface area (Å²) in [4.78, 5) is 17.6. The maximum atomic E-state index is 12.6. The summed E-state index contributed by atoms with van der Waals surface area (Å²) in [6.07, 6.45) is 2.85. The summed E-state index contributed by atoms with van der Waals surface area (Å²) in [5.74, 6) is 0.339. The molecule has 0 radical (unpaired) electrons. The Bertz CT molecular complexity index is 895. The van der Waals surface area contributed by atoms with Gasteiger partial charge in [-0.15, -0.1) is 0 Å². The van der Waals surface area contributed by atoms with Crippen molar-refractivity contribution in [2.75, 3.05) is 32.1 Å². The van der Waals surface area contributed by atoms with Crippen LogP contribution in [-0.4, -0.2) is 76.9 Å². The van der Waals surface area contributed by atoms with Gasteiger partial charge in [0, 0.05) is 0 Å². The van der Waals surface area contributed by atoms with Crippen LogP contribution < -0.4 is 4.74 Å². The minimum absolute atomic E-state index is 0.0816. The van der Waals surface area contributed by atoms with Gasteiger partial charge < -0.3 is 14.4 Å². The van der Waals surface area contributed by atoms with E-state index >= 15 is 0 Å². The highest BCUT2D eigenvalue weighted by Crippen LogP contribution is 2.33. The molecule has 0 unspecified atom stereocenters. The van der Waals surface area contributed by atoms with Crippen LogP contribution in [0, 0.1) is 0 Å². The monoisotopic (exact) mass is 392 g/mol. The zero-order chi connectivity index (χ0) is 18.9. The predicted octanol–water partition coefficient (Wildman–Crippen LogP) is -0.248. The van der Waals surface area contributed by atoms with Gasteiger partial charge in [-0.05, 0) is 12.1 Å². The van der Waals surface area contributed by atoms with Gasteiger partial charge in [0.25, 0.3) is 5.91 Å². The third kappa shape index (κ3) is 3.81. The van der Waals surface area contributed by atoms with Crippen LogP contribution in [0.3, 0.4) is 0 Å². The number of likely N-dealkylation sites (tertiary alicyclic amines) is 1. The van der Waals surface area contributed by atoms with Gasteiger partial charge in [-0.2, -0.15) is 5.10 Å². The number of ether oxygens (including phenoxy) is 2. The van der Waals surface area contributed by atoms with Gasteiger partial charge in [0.1, 0.15) is 29.3 Å². The van der Waals surface area contributed by atoms with E-state index in [2.05, 4.69) is 10.1 Å². The van der Waals surface area contributed by atoms with Gasteiger partial charge in [0.05, 0.1) is 32.0 Å². The predicted molar refractivity (Wildman–Crippen MR) is 94.8 cm³/mol. The molecule has 10 heteroatoms.